The van der Waals surface area contributed by atoms with Crippen molar-refractivity contribution in [1.82, 2.24) is 9.47 Å². The second kappa shape index (κ2) is 14.0. The van der Waals surface area contributed by atoms with Crippen LogP contribution >= 0.6 is 0 Å². The van der Waals surface area contributed by atoms with Crippen LogP contribution in [0.1, 0.15) is 40.7 Å². The second-order valence-electron chi connectivity index (χ2n) is 7.74. The number of amides is 1. The van der Waals surface area contributed by atoms with Gasteiger partial charge in [-0.05, 0) is 31.2 Å². The second-order valence-corrected chi connectivity index (χ2v) is 7.74. The van der Waals surface area contributed by atoms with Gasteiger partial charge in [-0.15, -0.1) is 0 Å². The van der Waals surface area contributed by atoms with Gasteiger partial charge in [0, 0.05) is 34.0 Å². The molecule has 2 rings (SSSR count). The summed E-state index contributed by atoms with van der Waals surface area (Å²) in [6.45, 7) is 1.67. The van der Waals surface area contributed by atoms with E-state index < -0.39 is 35.3 Å². The Hall–Kier alpha value is -3.90. The number of benzene rings is 1. The summed E-state index contributed by atoms with van der Waals surface area (Å²) in [5, 5.41) is 0. The maximum absolute atomic E-state index is 13.4. The van der Waals surface area contributed by atoms with Crippen molar-refractivity contribution in [3.05, 3.63) is 35.7 Å². The number of aromatic nitrogens is 1. The Morgan fingerprint density at radius 1 is 0.811 bits per heavy atom. The third-order valence-corrected chi connectivity index (χ3v) is 4.94. The standard InChI is InChI=1S/C25H32N2O10/c1-7-35-25(31)21-23(37-19(29)13-15-33-5)22(36-18(28)12-14-32-4)20(24(30)26(2)3)27(21)16-8-10-17(34-6)11-9-16/h8-11H,7,12-15H2,1-6H3. The molecule has 12 heteroatoms. The van der Waals surface area contributed by atoms with Crippen LogP contribution in [-0.4, -0.2) is 88.5 Å². The van der Waals surface area contributed by atoms with Gasteiger partial charge in [0.2, 0.25) is 11.5 Å². The fourth-order valence-electron chi connectivity index (χ4n) is 3.20. The molecule has 0 saturated heterocycles. The lowest BCUT2D eigenvalue weighted by molar-refractivity contribution is -0.138. The smallest absolute Gasteiger partial charge is 0.359 e. The van der Waals surface area contributed by atoms with Crippen molar-refractivity contribution < 1.29 is 47.6 Å². The summed E-state index contributed by atoms with van der Waals surface area (Å²) in [6, 6.07) is 6.40. The molecule has 0 unspecified atom stereocenters. The number of esters is 3. The minimum Gasteiger partial charge on any atom is -0.497 e. The van der Waals surface area contributed by atoms with Crippen LogP contribution in [0.25, 0.3) is 5.69 Å². The minimum absolute atomic E-state index is 0.0103. The van der Waals surface area contributed by atoms with Crippen LogP contribution in [0.15, 0.2) is 24.3 Å². The molecular weight excluding hydrogens is 488 g/mol. The molecule has 0 bridgehead atoms. The molecule has 0 aliphatic heterocycles. The minimum atomic E-state index is -0.903. The fourth-order valence-corrected chi connectivity index (χ4v) is 3.20. The van der Waals surface area contributed by atoms with Crippen molar-refractivity contribution in [1.29, 1.82) is 0 Å². The average Bonchev–Trinajstić information content (AvgIpc) is 3.18. The fraction of sp³-hybridized carbons (Fsp3) is 0.440. The molecule has 0 saturated carbocycles. The Morgan fingerprint density at radius 2 is 1.32 bits per heavy atom. The Kier molecular flexibility index (Phi) is 11.1. The van der Waals surface area contributed by atoms with Crippen LogP contribution in [0.3, 0.4) is 0 Å². The number of ether oxygens (including phenoxy) is 6. The predicted molar refractivity (Wildman–Crippen MR) is 131 cm³/mol. The number of nitrogens with zero attached hydrogens (tertiary/aromatic N) is 2. The molecule has 0 N–H and O–H groups in total. The van der Waals surface area contributed by atoms with Gasteiger partial charge in [0.25, 0.3) is 5.91 Å². The summed E-state index contributed by atoms with van der Waals surface area (Å²) in [4.78, 5) is 53.1. The van der Waals surface area contributed by atoms with Crippen LogP contribution in [-0.2, 0) is 23.8 Å². The number of carbonyl (C=O) groups excluding carboxylic acids is 4. The molecule has 1 heterocycles. The molecule has 2 aromatic rings. The lowest BCUT2D eigenvalue weighted by Crippen LogP contribution is -2.26. The molecule has 37 heavy (non-hydrogen) atoms. The van der Waals surface area contributed by atoms with Gasteiger partial charge in [-0.1, -0.05) is 0 Å². The molecule has 0 radical (unpaired) electrons. The van der Waals surface area contributed by atoms with E-state index in [1.807, 2.05) is 0 Å². The van der Waals surface area contributed by atoms with Gasteiger partial charge in [-0.2, -0.15) is 0 Å². The maximum atomic E-state index is 13.4. The van der Waals surface area contributed by atoms with E-state index in [1.54, 1.807) is 31.2 Å². The third kappa shape index (κ3) is 7.30. The van der Waals surface area contributed by atoms with Gasteiger partial charge < -0.3 is 33.3 Å². The first-order valence-corrected chi connectivity index (χ1v) is 11.4. The van der Waals surface area contributed by atoms with Crippen LogP contribution in [0.2, 0.25) is 0 Å². The van der Waals surface area contributed by atoms with Crippen molar-refractivity contribution in [2.75, 3.05) is 55.2 Å². The normalized spacial score (nSPS) is 10.5. The van der Waals surface area contributed by atoms with E-state index in [2.05, 4.69) is 0 Å². The maximum Gasteiger partial charge on any atom is 0.359 e. The molecule has 12 nitrogen and oxygen atoms in total. The van der Waals surface area contributed by atoms with Crippen LogP contribution in [0, 0.1) is 0 Å². The van der Waals surface area contributed by atoms with E-state index in [0.717, 1.165) is 0 Å². The van der Waals surface area contributed by atoms with Crippen molar-refractivity contribution in [3.63, 3.8) is 0 Å². The molecule has 0 aliphatic rings. The Morgan fingerprint density at radius 3 is 1.76 bits per heavy atom. The summed E-state index contributed by atoms with van der Waals surface area (Å²) in [5.74, 6) is -3.39. The van der Waals surface area contributed by atoms with Gasteiger partial charge in [-0.25, -0.2) is 4.79 Å². The largest absolute Gasteiger partial charge is 0.497 e. The molecule has 202 valence electrons. The van der Waals surface area contributed by atoms with Crippen molar-refractivity contribution in [3.8, 4) is 22.9 Å². The first-order valence-electron chi connectivity index (χ1n) is 11.4. The lowest BCUT2D eigenvalue weighted by Gasteiger charge is -2.16. The molecule has 0 atom stereocenters. The molecule has 1 aromatic heterocycles. The van der Waals surface area contributed by atoms with Gasteiger partial charge in [-0.3, -0.25) is 19.0 Å². The zero-order chi connectivity index (χ0) is 27.5. The molecule has 1 aromatic carbocycles. The first kappa shape index (κ1) is 29.3. The Bertz CT molecular complexity index is 1110. The predicted octanol–water partition coefficient (Wildman–Crippen LogP) is 2.25. The van der Waals surface area contributed by atoms with Crippen molar-refractivity contribution in [2.45, 2.75) is 19.8 Å². The summed E-state index contributed by atoms with van der Waals surface area (Å²) in [7, 11) is 7.28. The van der Waals surface area contributed by atoms with Gasteiger partial charge in [0.15, 0.2) is 11.4 Å². The number of rotatable bonds is 13. The lowest BCUT2D eigenvalue weighted by atomic mass is 10.2. The monoisotopic (exact) mass is 520 g/mol. The summed E-state index contributed by atoms with van der Waals surface area (Å²) in [5.41, 5.74) is -0.210. The van der Waals surface area contributed by atoms with Crippen LogP contribution in [0.4, 0.5) is 0 Å². The van der Waals surface area contributed by atoms with E-state index in [-0.39, 0.29) is 44.1 Å². The number of carbonyl (C=O) groups is 4. The molecule has 0 spiro atoms. The SMILES string of the molecule is CCOC(=O)c1c(OC(=O)CCOC)c(OC(=O)CCOC)c(C(=O)N(C)C)n1-c1ccc(OC)cc1. The van der Waals surface area contributed by atoms with Crippen molar-refractivity contribution >= 4 is 23.8 Å². The Labute approximate surface area is 214 Å². The summed E-state index contributed by atoms with van der Waals surface area (Å²) < 4.78 is 32.6. The average molecular weight is 521 g/mol. The quantitative estimate of drug-likeness (QED) is 0.362. The van der Waals surface area contributed by atoms with E-state index in [1.165, 1.54) is 44.9 Å². The van der Waals surface area contributed by atoms with Crippen LogP contribution in [0.5, 0.6) is 17.2 Å². The van der Waals surface area contributed by atoms with Gasteiger partial charge in [0.1, 0.15) is 5.75 Å². The highest BCUT2D eigenvalue weighted by molar-refractivity contribution is 6.04. The number of hydrogen-bond donors (Lipinski definition) is 0. The van der Waals surface area contributed by atoms with Crippen LogP contribution < -0.4 is 14.2 Å². The number of hydrogen-bond acceptors (Lipinski definition) is 10. The zero-order valence-corrected chi connectivity index (χ0v) is 21.8. The molecule has 1 amide bonds. The highest BCUT2D eigenvalue weighted by Crippen LogP contribution is 2.42. The van der Waals surface area contributed by atoms with E-state index in [9.17, 15) is 19.2 Å². The zero-order valence-electron chi connectivity index (χ0n) is 21.8. The molecule has 0 fully saturated rings. The topological polar surface area (TPSA) is 132 Å². The third-order valence-electron chi connectivity index (χ3n) is 4.94. The van der Waals surface area contributed by atoms with E-state index >= 15 is 0 Å². The highest BCUT2D eigenvalue weighted by Gasteiger charge is 2.37. The van der Waals surface area contributed by atoms with E-state index in [4.69, 9.17) is 28.4 Å². The molecule has 0 aliphatic carbocycles. The highest BCUT2D eigenvalue weighted by atomic mass is 16.6. The summed E-state index contributed by atoms with van der Waals surface area (Å²) >= 11 is 0. The van der Waals surface area contributed by atoms with Crippen molar-refractivity contribution in [2.24, 2.45) is 0 Å². The Balaban J connectivity index is 2.92. The van der Waals surface area contributed by atoms with Gasteiger partial charge >= 0.3 is 17.9 Å². The summed E-state index contributed by atoms with van der Waals surface area (Å²) in [6.07, 6.45) is -0.327. The molecular formula is C25H32N2O10. The van der Waals surface area contributed by atoms with E-state index in [0.29, 0.717) is 11.4 Å². The first-order chi connectivity index (χ1) is 17.7. The number of methoxy groups -OCH3 is 3. The van der Waals surface area contributed by atoms with Gasteiger partial charge in [0.05, 0.1) is 39.8 Å².